The van der Waals surface area contributed by atoms with Crippen molar-refractivity contribution in [1.82, 2.24) is 0 Å². The largest absolute Gasteiger partial charge is 0.394 e. The fourth-order valence-corrected chi connectivity index (χ4v) is 0.926. The minimum Gasteiger partial charge on any atom is -0.394 e. The molecule has 0 bridgehead atoms. The van der Waals surface area contributed by atoms with Gasteiger partial charge in [0.25, 0.3) is 0 Å². The van der Waals surface area contributed by atoms with Gasteiger partial charge in [0.05, 0.1) is 12.6 Å². The molecular formula is C8H8F3NO. The minimum atomic E-state index is -1.57. The van der Waals surface area contributed by atoms with Gasteiger partial charge in [-0.1, -0.05) is 6.07 Å². The van der Waals surface area contributed by atoms with E-state index in [0.29, 0.717) is 0 Å². The summed E-state index contributed by atoms with van der Waals surface area (Å²) in [6.45, 7) is -0.526. The van der Waals surface area contributed by atoms with Crippen LogP contribution in [0.4, 0.5) is 13.2 Å². The van der Waals surface area contributed by atoms with Crippen LogP contribution < -0.4 is 5.73 Å². The molecule has 0 fully saturated rings. The Balaban J connectivity index is 3.18. The van der Waals surface area contributed by atoms with E-state index in [9.17, 15) is 13.2 Å². The second-order valence-electron chi connectivity index (χ2n) is 2.55. The molecule has 0 aliphatic rings. The summed E-state index contributed by atoms with van der Waals surface area (Å²) in [5.41, 5.74) is 5.00. The van der Waals surface area contributed by atoms with Gasteiger partial charge in [-0.05, 0) is 6.07 Å². The highest BCUT2D eigenvalue weighted by atomic mass is 19.2. The van der Waals surface area contributed by atoms with Crippen LogP contribution in [0.1, 0.15) is 11.6 Å². The van der Waals surface area contributed by atoms with Crippen molar-refractivity contribution in [2.75, 3.05) is 6.61 Å². The number of halogens is 3. The first-order valence-electron chi connectivity index (χ1n) is 3.57. The summed E-state index contributed by atoms with van der Waals surface area (Å²) in [5.74, 6) is -4.19. The van der Waals surface area contributed by atoms with Gasteiger partial charge in [-0.15, -0.1) is 0 Å². The summed E-state index contributed by atoms with van der Waals surface area (Å²) < 4.78 is 37.9. The topological polar surface area (TPSA) is 46.2 Å². The Kier molecular flexibility index (Phi) is 2.90. The highest BCUT2D eigenvalue weighted by Crippen LogP contribution is 2.19. The molecular weight excluding hydrogens is 183 g/mol. The average Bonchev–Trinajstić information content (AvgIpc) is 2.13. The summed E-state index contributed by atoms with van der Waals surface area (Å²) in [6.07, 6.45) is 0. The van der Waals surface area contributed by atoms with Crippen LogP contribution in [0, 0.1) is 17.5 Å². The van der Waals surface area contributed by atoms with Crippen LogP contribution >= 0.6 is 0 Å². The van der Waals surface area contributed by atoms with Gasteiger partial charge in [-0.3, -0.25) is 0 Å². The Bertz CT molecular complexity index is 317. The van der Waals surface area contributed by atoms with Crippen molar-refractivity contribution >= 4 is 0 Å². The van der Waals surface area contributed by atoms with Crippen molar-refractivity contribution in [2.24, 2.45) is 5.73 Å². The SMILES string of the molecule is NC(CO)c1ccc(F)c(F)c1F. The van der Waals surface area contributed by atoms with E-state index < -0.39 is 30.1 Å². The quantitative estimate of drug-likeness (QED) is 0.687. The third kappa shape index (κ3) is 1.81. The van der Waals surface area contributed by atoms with Crippen molar-refractivity contribution in [1.29, 1.82) is 0 Å². The lowest BCUT2D eigenvalue weighted by molar-refractivity contribution is 0.264. The van der Waals surface area contributed by atoms with E-state index in [1.165, 1.54) is 0 Å². The van der Waals surface area contributed by atoms with E-state index in [4.69, 9.17) is 10.8 Å². The van der Waals surface area contributed by atoms with Gasteiger partial charge < -0.3 is 10.8 Å². The van der Waals surface area contributed by atoms with Gasteiger partial charge >= 0.3 is 0 Å². The van der Waals surface area contributed by atoms with Crippen LogP contribution in [0.15, 0.2) is 12.1 Å². The van der Waals surface area contributed by atoms with Gasteiger partial charge in [-0.25, -0.2) is 13.2 Å². The minimum absolute atomic E-state index is 0.235. The maximum Gasteiger partial charge on any atom is 0.194 e. The zero-order valence-electron chi connectivity index (χ0n) is 6.60. The van der Waals surface area contributed by atoms with Crippen molar-refractivity contribution < 1.29 is 18.3 Å². The lowest BCUT2D eigenvalue weighted by atomic mass is 10.1. The Labute approximate surface area is 72.8 Å². The first-order valence-corrected chi connectivity index (χ1v) is 3.57. The number of hydrogen-bond acceptors (Lipinski definition) is 2. The third-order valence-electron chi connectivity index (χ3n) is 1.66. The molecule has 0 aliphatic carbocycles. The van der Waals surface area contributed by atoms with E-state index >= 15 is 0 Å². The molecule has 13 heavy (non-hydrogen) atoms. The van der Waals surface area contributed by atoms with Gasteiger partial charge in [0.1, 0.15) is 0 Å². The molecule has 0 saturated carbocycles. The maximum atomic E-state index is 12.9. The predicted octanol–water partition coefficient (Wildman–Crippen LogP) is 1.10. The van der Waals surface area contributed by atoms with Crippen LogP contribution in [-0.2, 0) is 0 Å². The summed E-state index contributed by atoms with van der Waals surface area (Å²) in [5, 5.41) is 8.56. The molecule has 5 heteroatoms. The van der Waals surface area contributed by atoms with E-state index in [1.54, 1.807) is 0 Å². The fourth-order valence-electron chi connectivity index (χ4n) is 0.926. The molecule has 0 saturated heterocycles. The number of benzene rings is 1. The molecule has 1 unspecified atom stereocenters. The Morgan fingerprint density at radius 2 is 1.85 bits per heavy atom. The number of hydrogen-bond donors (Lipinski definition) is 2. The van der Waals surface area contributed by atoms with Gasteiger partial charge in [-0.2, -0.15) is 0 Å². The normalized spacial score (nSPS) is 13.0. The maximum absolute atomic E-state index is 12.9. The third-order valence-corrected chi connectivity index (χ3v) is 1.66. The van der Waals surface area contributed by atoms with Crippen LogP contribution in [0.2, 0.25) is 0 Å². The second-order valence-corrected chi connectivity index (χ2v) is 2.55. The highest BCUT2D eigenvalue weighted by molar-refractivity contribution is 5.23. The lowest BCUT2D eigenvalue weighted by Crippen LogP contribution is -2.17. The number of rotatable bonds is 2. The monoisotopic (exact) mass is 191 g/mol. The molecule has 0 radical (unpaired) electrons. The zero-order chi connectivity index (χ0) is 10.0. The molecule has 1 atom stereocenters. The van der Waals surface area contributed by atoms with Crippen LogP contribution in [0.5, 0.6) is 0 Å². The van der Waals surface area contributed by atoms with Gasteiger partial charge in [0, 0.05) is 5.56 Å². The molecule has 0 spiro atoms. The predicted molar refractivity (Wildman–Crippen MR) is 40.3 cm³/mol. The molecule has 0 aromatic heterocycles. The molecule has 1 aromatic rings. The molecule has 2 nitrogen and oxygen atoms in total. The number of aliphatic hydroxyl groups excluding tert-OH is 1. The molecule has 0 aliphatic heterocycles. The average molecular weight is 191 g/mol. The standard InChI is InChI=1S/C8H8F3NO/c9-5-2-1-4(6(12)3-13)7(10)8(5)11/h1-2,6,13H,3,12H2. The van der Waals surface area contributed by atoms with Crippen LogP contribution in [0.3, 0.4) is 0 Å². The smallest absolute Gasteiger partial charge is 0.194 e. The number of nitrogens with two attached hydrogens (primary N) is 1. The molecule has 0 amide bonds. The summed E-state index contributed by atoms with van der Waals surface area (Å²) in [6, 6.07) is 0.743. The second kappa shape index (κ2) is 3.76. The molecule has 3 N–H and O–H groups in total. The summed E-state index contributed by atoms with van der Waals surface area (Å²) >= 11 is 0. The van der Waals surface area contributed by atoms with Crippen LogP contribution in [0.25, 0.3) is 0 Å². The van der Waals surface area contributed by atoms with Gasteiger partial charge in [0.2, 0.25) is 0 Å². The van der Waals surface area contributed by atoms with E-state index in [2.05, 4.69) is 0 Å². The van der Waals surface area contributed by atoms with E-state index in [0.717, 1.165) is 12.1 Å². The lowest BCUT2D eigenvalue weighted by Gasteiger charge is -2.09. The van der Waals surface area contributed by atoms with E-state index in [-0.39, 0.29) is 5.56 Å². The van der Waals surface area contributed by atoms with E-state index in [1.807, 2.05) is 0 Å². The van der Waals surface area contributed by atoms with Crippen LogP contribution in [-0.4, -0.2) is 11.7 Å². The van der Waals surface area contributed by atoms with Gasteiger partial charge in [0.15, 0.2) is 17.5 Å². The number of aliphatic hydroxyl groups is 1. The molecule has 72 valence electrons. The van der Waals surface area contributed by atoms with Crippen molar-refractivity contribution in [3.05, 3.63) is 35.1 Å². The molecule has 1 aromatic carbocycles. The highest BCUT2D eigenvalue weighted by Gasteiger charge is 2.17. The fraction of sp³-hybridized carbons (Fsp3) is 0.250. The Morgan fingerprint density at radius 3 is 2.38 bits per heavy atom. The Morgan fingerprint density at radius 1 is 1.23 bits per heavy atom. The zero-order valence-corrected chi connectivity index (χ0v) is 6.60. The first kappa shape index (κ1) is 10.0. The Hall–Kier alpha value is -1.07. The molecule has 1 rings (SSSR count). The summed E-state index contributed by atoms with van der Waals surface area (Å²) in [4.78, 5) is 0. The van der Waals surface area contributed by atoms with Crippen molar-refractivity contribution in [3.8, 4) is 0 Å². The first-order chi connectivity index (χ1) is 6.07. The summed E-state index contributed by atoms with van der Waals surface area (Å²) in [7, 11) is 0. The molecule has 0 heterocycles. The van der Waals surface area contributed by atoms with Crippen molar-refractivity contribution in [3.63, 3.8) is 0 Å². The van der Waals surface area contributed by atoms with Crippen molar-refractivity contribution in [2.45, 2.75) is 6.04 Å².